The van der Waals surface area contributed by atoms with Gasteiger partial charge in [-0.15, -0.1) is 0 Å². The van der Waals surface area contributed by atoms with E-state index in [1.165, 1.54) is 0 Å². The fraction of sp³-hybridized carbons (Fsp3) is 0.812. The molecular formula is C16H27N3O5. The summed E-state index contributed by atoms with van der Waals surface area (Å²) in [6.07, 6.45) is 3.26. The number of ether oxygens (including phenoxy) is 1. The van der Waals surface area contributed by atoms with E-state index in [-0.39, 0.29) is 30.4 Å². The molecule has 136 valence electrons. The second-order valence-corrected chi connectivity index (χ2v) is 6.48. The molecule has 1 saturated carbocycles. The molecule has 0 radical (unpaired) electrons. The van der Waals surface area contributed by atoms with Crippen molar-refractivity contribution in [2.75, 3.05) is 39.9 Å². The number of rotatable bonds is 5. The van der Waals surface area contributed by atoms with Crippen LogP contribution in [0, 0.1) is 5.92 Å². The van der Waals surface area contributed by atoms with Crippen molar-refractivity contribution in [1.82, 2.24) is 15.1 Å². The van der Waals surface area contributed by atoms with Crippen molar-refractivity contribution in [3.8, 4) is 0 Å². The molecule has 1 aliphatic carbocycles. The molecule has 0 aromatic rings. The minimum atomic E-state index is -0.756. The number of methoxy groups -OCH3 is 1. The molecule has 1 heterocycles. The van der Waals surface area contributed by atoms with Crippen molar-refractivity contribution in [3.63, 3.8) is 0 Å². The van der Waals surface area contributed by atoms with Crippen LogP contribution in [-0.2, 0) is 14.3 Å². The second-order valence-electron chi connectivity index (χ2n) is 6.48. The summed E-state index contributed by atoms with van der Waals surface area (Å²) < 4.78 is 5.01. The number of aliphatic carboxylic acids is 1. The topological polar surface area (TPSA) is 99.2 Å². The number of nitrogens with one attached hydrogen (secondary N) is 1. The lowest BCUT2D eigenvalue weighted by Gasteiger charge is -2.29. The largest absolute Gasteiger partial charge is 0.481 e. The maximum atomic E-state index is 12.4. The summed E-state index contributed by atoms with van der Waals surface area (Å²) in [5, 5.41) is 12.0. The van der Waals surface area contributed by atoms with Gasteiger partial charge in [-0.1, -0.05) is 0 Å². The Morgan fingerprint density at radius 2 is 1.96 bits per heavy atom. The van der Waals surface area contributed by atoms with Crippen LogP contribution in [0.4, 0.5) is 4.79 Å². The van der Waals surface area contributed by atoms with E-state index in [2.05, 4.69) is 5.32 Å². The van der Waals surface area contributed by atoms with Gasteiger partial charge >= 0.3 is 12.0 Å². The van der Waals surface area contributed by atoms with Crippen molar-refractivity contribution in [1.29, 1.82) is 0 Å². The fourth-order valence-corrected chi connectivity index (χ4v) is 3.28. The van der Waals surface area contributed by atoms with E-state index in [9.17, 15) is 14.4 Å². The number of hydrogen-bond acceptors (Lipinski definition) is 4. The van der Waals surface area contributed by atoms with E-state index in [0.717, 1.165) is 6.42 Å². The molecule has 2 rings (SSSR count). The molecule has 0 unspecified atom stereocenters. The highest BCUT2D eigenvalue weighted by Crippen LogP contribution is 2.24. The zero-order valence-corrected chi connectivity index (χ0v) is 14.2. The van der Waals surface area contributed by atoms with Gasteiger partial charge in [-0.2, -0.15) is 0 Å². The summed E-state index contributed by atoms with van der Waals surface area (Å²) in [5.74, 6) is -1.12. The Morgan fingerprint density at radius 3 is 2.58 bits per heavy atom. The van der Waals surface area contributed by atoms with Gasteiger partial charge in [0, 0.05) is 32.8 Å². The summed E-state index contributed by atoms with van der Waals surface area (Å²) >= 11 is 0. The zero-order valence-electron chi connectivity index (χ0n) is 14.2. The molecule has 2 fully saturated rings. The molecule has 0 aromatic heterocycles. The van der Waals surface area contributed by atoms with E-state index >= 15 is 0 Å². The van der Waals surface area contributed by atoms with Crippen LogP contribution < -0.4 is 5.32 Å². The summed E-state index contributed by atoms with van der Waals surface area (Å²) in [5.41, 5.74) is 0. The van der Waals surface area contributed by atoms with E-state index < -0.39 is 5.97 Å². The van der Waals surface area contributed by atoms with Crippen molar-refractivity contribution in [2.24, 2.45) is 5.92 Å². The SMILES string of the molecule is COCCN1CCCN(C(=O)NC2CCC(C(=O)O)CC2)CC1=O. The van der Waals surface area contributed by atoms with Crippen molar-refractivity contribution < 1.29 is 24.2 Å². The molecule has 8 heteroatoms. The second kappa shape index (κ2) is 8.86. The Labute approximate surface area is 142 Å². The molecular weight excluding hydrogens is 314 g/mol. The van der Waals surface area contributed by atoms with Crippen LogP contribution in [0.1, 0.15) is 32.1 Å². The van der Waals surface area contributed by atoms with Gasteiger partial charge < -0.3 is 25.0 Å². The lowest BCUT2D eigenvalue weighted by Crippen LogP contribution is -2.48. The minimum absolute atomic E-state index is 0.00366. The van der Waals surface area contributed by atoms with Crippen molar-refractivity contribution in [2.45, 2.75) is 38.1 Å². The number of carboxylic acids is 1. The standard InChI is InChI=1S/C16H27N3O5/c1-24-10-9-18-7-2-8-19(11-14(18)20)16(23)17-13-5-3-12(4-6-13)15(21)22/h12-13H,2-11H2,1H3,(H,17,23)(H,21,22). The number of hydrogen-bond donors (Lipinski definition) is 2. The lowest BCUT2D eigenvalue weighted by molar-refractivity contribution is -0.142. The molecule has 1 aliphatic heterocycles. The Balaban J connectivity index is 1.80. The molecule has 0 bridgehead atoms. The number of carbonyl (C=O) groups excluding carboxylic acids is 2. The van der Waals surface area contributed by atoms with Crippen molar-refractivity contribution in [3.05, 3.63) is 0 Å². The Hall–Kier alpha value is -1.83. The van der Waals surface area contributed by atoms with Crippen molar-refractivity contribution >= 4 is 17.9 Å². The number of carbonyl (C=O) groups is 3. The van der Waals surface area contributed by atoms with E-state index in [1.807, 2.05) is 0 Å². The van der Waals surface area contributed by atoms with E-state index in [4.69, 9.17) is 9.84 Å². The van der Waals surface area contributed by atoms with Gasteiger partial charge in [-0.05, 0) is 32.1 Å². The Bertz CT molecular complexity index is 463. The molecule has 0 atom stereocenters. The van der Waals surface area contributed by atoms with Crippen LogP contribution in [0.5, 0.6) is 0 Å². The molecule has 24 heavy (non-hydrogen) atoms. The van der Waals surface area contributed by atoms with Gasteiger partial charge in [-0.25, -0.2) is 4.79 Å². The molecule has 0 spiro atoms. The third kappa shape index (κ3) is 5.09. The highest BCUT2D eigenvalue weighted by atomic mass is 16.5. The number of nitrogens with zero attached hydrogens (tertiary/aromatic N) is 2. The predicted octanol–water partition coefficient (Wildman–Crippen LogP) is 0.520. The molecule has 8 nitrogen and oxygen atoms in total. The predicted molar refractivity (Wildman–Crippen MR) is 86.6 cm³/mol. The normalized spacial score (nSPS) is 25.3. The first kappa shape index (κ1) is 18.5. The highest BCUT2D eigenvalue weighted by Gasteiger charge is 2.29. The summed E-state index contributed by atoms with van der Waals surface area (Å²) in [7, 11) is 1.60. The van der Waals surface area contributed by atoms with E-state index in [0.29, 0.717) is 51.9 Å². The molecule has 3 amide bonds. The quantitative estimate of drug-likeness (QED) is 0.759. The number of amides is 3. The smallest absolute Gasteiger partial charge is 0.318 e. The first-order valence-electron chi connectivity index (χ1n) is 8.56. The average Bonchev–Trinajstić information content (AvgIpc) is 2.75. The summed E-state index contributed by atoms with van der Waals surface area (Å²) in [4.78, 5) is 38.9. The fourth-order valence-electron chi connectivity index (χ4n) is 3.28. The number of carboxylic acid groups (broad SMARTS) is 1. The molecule has 2 aliphatic rings. The zero-order chi connectivity index (χ0) is 17.5. The van der Waals surface area contributed by atoms with Crippen LogP contribution in [0.15, 0.2) is 0 Å². The third-order valence-corrected chi connectivity index (χ3v) is 4.79. The summed E-state index contributed by atoms with van der Waals surface area (Å²) in [6, 6.07) is -0.230. The first-order chi connectivity index (χ1) is 11.5. The maximum absolute atomic E-state index is 12.4. The molecule has 0 aromatic carbocycles. The van der Waals surface area contributed by atoms with Crippen LogP contribution in [-0.4, -0.2) is 78.8 Å². The maximum Gasteiger partial charge on any atom is 0.318 e. The van der Waals surface area contributed by atoms with E-state index in [1.54, 1.807) is 16.9 Å². The lowest BCUT2D eigenvalue weighted by atomic mass is 9.86. The van der Waals surface area contributed by atoms with Crippen LogP contribution in [0.2, 0.25) is 0 Å². The first-order valence-corrected chi connectivity index (χ1v) is 8.56. The third-order valence-electron chi connectivity index (χ3n) is 4.79. The van der Waals surface area contributed by atoms with Gasteiger partial charge in [-0.3, -0.25) is 9.59 Å². The summed E-state index contributed by atoms with van der Waals surface area (Å²) in [6.45, 7) is 2.30. The monoisotopic (exact) mass is 341 g/mol. The van der Waals surface area contributed by atoms with Gasteiger partial charge in [0.25, 0.3) is 0 Å². The van der Waals surface area contributed by atoms with Gasteiger partial charge in [0.05, 0.1) is 12.5 Å². The molecule has 2 N–H and O–H groups in total. The van der Waals surface area contributed by atoms with Gasteiger partial charge in [0.15, 0.2) is 0 Å². The number of urea groups is 1. The van der Waals surface area contributed by atoms with Crippen LogP contribution >= 0.6 is 0 Å². The minimum Gasteiger partial charge on any atom is -0.481 e. The Morgan fingerprint density at radius 1 is 1.25 bits per heavy atom. The Kier molecular flexibility index (Phi) is 6.84. The van der Waals surface area contributed by atoms with Gasteiger partial charge in [0.2, 0.25) is 5.91 Å². The average molecular weight is 341 g/mol. The molecule has 1 saturated heterocycles. The van der Waals surface area contributed by atoms with Gasteiger partial charge in [0.1, 0.15) is 6.54 Å². The van der Waals surface area contributed by atoms with Crippen LogP contribution in [0.25, 0.3) is 0 Å². The van der Waals surface area contributed by atoms with Crippen LogP contribution in [0.3, 0.4) is 0 Å². The highest BCUT2D eigenvalue weighted by molar-refractivity contribution is 5.84.